The van der Waals surface area contributed by atoms with Crippen LogP contribution in [-0.4, -0.2) is 61.1 Å². The third kappa shape index (κ3) is 5.36. The first-order valence-corrected chi connectivity index (χ1v) is 11.2. The molecule has 0 atom stereocenters. The number of hydrogen-bond acceptors (Lipinski definition) is 10. The van der Waals surface area contributed by atoms with Crippen molar-refractivity contribution in [2.75, 3.05) is 37.6 Å². The minimum atomic E-state index is 0.0688. The molecule has 1 fully saturated rings. The van der Waals surface area contributed by atoms with Crippen molar-refractivity contribution < 1.29 is 4.74 Å². The summed E-state index contributed by atoms with van der Waals surface area (Å²) in [7, 11) is 0. The normalized spacial score (nSPS) is 14.9. The van der Waals surface area contributed by atoms with Gasteiger partial charge >= 0.3 is 0 Å². The van der Waals surface area contributed by atoms with Gasteiger partial charge < -0.3 is 16.2 Å². The molecule has 3 heterocycles. The average molecular weight is 458 g/mol. The molecule has 174 valence electrons. The van der Waals surface area contributed by atoms with Gasteiger partial charge in [0, 0.05) is 32.7 Å². The lowest BCUT2D eigenvalue weighted by Gasteiger charge is -2.34. The number of rotatable bonds is 7. The maximum absolute atomic E-state index is 5.91. The Balaban J connectivity index is 1.10. The molecule has 2 aromatic carbocycles. The van der Waals surface area contributed by atoms with E-state index in [-0.39, 0.29) is 11.8 Å². The number of ether oxygens (including phenoxy) is 1. The lowest BCUT2D eigenvalue weighted by Crippen LogP contribution is -2.45. The van der Waals surface area contributed by atoms with Crippen LogP contribution in [0, 0.1) is 0 Å². The molecule has 0 aliphatic carbocycles. The van der Waals surface area contributed by atoms with Crippen LogP contribution in [0.3, 0.4) is 0 Å². The number of fused-ring (bicyclic) bond motifs is 1. The topological polar surface area (TPSA) is 132 Å². The number of nitrogens with zero attached hydrogens (tertiary/aromatic N) is 7. The first-order chi connectivity index (χ1) is 16.6. The van der Waals surface area contributed by atoms with Gasteiger partial charge in [0.05, 0.1) is 6.54 Å². The van der Waals surface area contributed by atoms with Crippen LogP contribution in [0.25, 0.3) is 11.2 Å². The van der Waals surface area contributed by atoms with E-state index in [1.807, 2.05) is 30.3 Å². The zero-order valence-corrected chi connectivity index (χ0v) is 18.8. The molecule has 1 saturated heterocycles. The van der Waals surface area contributed by atoms with Crippen molar-refractivity contribution in [1.82, 2.24) is 34.9 Å². The largest absolute Gasteiger partial charge is 0.489 e. The molecule has 10 nitrogen and oxygen atoms in total. The number of aromatic nitrogens is 5. The molecule has 0 unspecified atom stereocenters. The molecule has 2 aromatic heterocycles. The molecule has 4 aromatic rings. The molecule has 5 rings (SSSR count). The van der Waals surface area contributed by atoms with Crippen LogP contribution in [0.15, 0.2) is 54.6 Å². The minimum Gasteiger partial charge on any atom is -0.489 e. The summed E-state index contributed by atoms with van der Waals surface area (Å²) in [5, 5.41) is 8.29. The number of piperazine rings is 1. The summed E-state index contributed by atoms with van der Waals surface area (Å²) in [6.07, 6.45) is 0. The molecule has 1 aliphatic rings. The van der Waals surface area contributed by atoms with Gasteiger partial charge in [-0.25, -0.2) is 4.98 Å². The molecule has 34 heavy (non-hydrogen) atoms. The zero-order chi connectivity index (χ0) is 23.3. The van der Waals surface area contributed by atoms with Crippen molar-refractivity contribution >= 4 is 22.9 Å². The highest BCUT2D eigenvalue weighted by Gasteiger charge is 2.19. The lowest BCUT2D eigenvalue weighted by molar-refractivity contribution is 0.119. The Morgan fingerprint density at radius 3 is 2.18 bits per heavy atom. The van der Waals surface area contributed by atoms with Gasteiger partial charge in [0.15, 0.2) is 17.2 Å². The fraction of sp³-hybridized carbons (Fsp3) is 0.292. The van der Waals surface area contributed by atoms with Gasteiger partial charge in [-0.3, -0.25) is 9.80 Å². The number of nitrogens with two attached hydrogens (primary N) is 2. The van der Waals surface area contributed by atoms with Crippen molar-refractivity contribution in [1.29, 1.82) is 0 Å². The van der Waals surface area contributed by atoms with Gasteiger partial charge in [0.25, 0.3) is 0 Å². The van der Waals surface area contributed by atoms with Crippen molar-refractivity contribution in [2.24, 2.45) is 0 Å². The highest BCUT2D eigenvalue weighted by molar-refractivity contribution is 5.81. The number of hydrogen-bond donors (Lipinski definition) is 2. The van der Waals surface area contributed by atoms with E-state index in [0.717, 1.165) is 44.0 Å². The smallest absolute Gasteiger partial charge is 0.224 e. The van der Waals surface area contributed by atoms with E-state index in [1.165, 1.54) is 5.56 Å². The third-order valence-electron chi connectivity index (χ3n) is 5.82. The van der Waals surface area contributed by atoms with Crippen LogP contribution in [0.2, 0.25) is 0 Å². The molecule has 0 amide bonds. The number of benzene rings is 2. The number of anilines is 2. The number of nitrogen functional groups attached to an aromatic ring is 2. The molecule has 0 radical (unpaired) electrons. The summed E-state index contributed by atoms with van der Waals surface area (Å²) in [5.74, 6) is 1.78. The quantitative estimate of drug-likeness (QED) is 0.424. The Morgan fingerprint density at radius 1 is 0.735 bits per heavy atom. The Morgan fingerprint density at radius 2 is 1.44 bits per heavy atom. The van der Waals surface area contributed by atoms with Crippen LogP contribution >= 0.6 is 0 Å². The van der Waals surface area contributed by atoms with E-state index in [2.05, 4.69) is 59.2 Å². The van der Waals surface area contributed by atoms with Gasteiger partial charge in [-0.05, 0) is 23.3 Å². The van der Waals surface area contributed by atoms with Crippen LogP contribution in [-0.2, 0) is 19.7 Å². The van der Waals surface area contributed by atoms with E-state index in [9.17, 15) is 0 Å². The predicted octanol–water partition coefficient (Wildman–Crippen LogP) is 1.88. The SMILES string of the molecule is Nc1nc(N)c2nc(CN3CCN(Cc4ccc(OCc5ccccc5)cc4)CC3)nnc2n1. The van der Waals surface area contributed by atoms with Crippen molar-refractivity contribution in [3.8, 4) is 5.75 Å². The third-order valence-corrected chi connectivity index (χ3v) is 5.82. The first-order valence-electron chi connectivity index (χ1n) is 11.2. The molecular formula is C24H27N9O. The molecule has 4 N–H and O–H groups in total. The van der Waals surface area contributed by atoms with Crippen LogP contribution in [0.5, 0.6) is 5.75 Å². The van der Waals surface area contributed by atoms with E-state index in [0.29, 0.717) is 30.1 Å². The zero-order valence-electron chi connectivity index (χ0n) is 18.8. The van der Waals surface area contributed by atoms with E-state index < -0.39 is 0 Å². The maximum Gasteiger partial charge on any atom is 0.224 e. The van der Waals surface area contributed by atoms with Gasteiger partial charge in [-0.2, -0.15) is 9.97 Å². The molecule has 0 bridgehead atoms. The Hall–Kier alpha value is -3.89. The second kappa shape index (κ2) is 9.94. The lowest BCUT2D eigenvalue weighted by atomic mass is 10.2. The first kappa shape index (κ1) is 21.9. The van der Waals surface area contributed by atoms with Gasteiger partial charge in [-0.15, -0.1) is 10.2 Å². The van der Waals surface area contributed by atoms with Crippen molar-refractivity contribution in [2.45, 2.75) is 19.7 Å². The standard InChI is InChI=1S/C24H27N9O/c25-22-21-23(29-24(26)28-22)31-30-20(27-21)15-33-12-10-32(11-13-33)14-17-6-8-19(9-7-17)34-16-18-4-2-1-3-5-18/h1-9H,10-16H2,(H4,25,26,28,29,31). The van der Waals surface area contributed by atoms with Crippen LogP contribution in [0.4, 0.5) is 11.8 Å². The summed E-state index contributed by atoms with van der Waals surface area (Å²) in [6, 6.07) is 18.6. The molecule has 0 saturated carbocycles. The van der Waals surface area contributed by atoms with Gasteiger partial charge in [0.2, 0.25) is 11.6 Å². The second-order valence-electron chi connectivity index (χ2n) is 8.34. The molecule has 1 aliphatic heterocycles. The minimum absolute atomic E-state index is 0.0688. The fourth-order valence-electron chi connectivity index (χ4n) is 3.97. The summed E-state index contributed by atoms with van der Waals surface area (Å²) in [5.41, 5.74) is 14.7. The highest BCUT2D eigenvalue weighted by atomic mass is 16.5. The second-order valence-corrected chi connectivity index (χ2v) is 8.34. The van der Waals surface area contributed by atoms with E-state index in [1.54, 1.807) is 0 Å². The maximum atomic E-state index is 5.91. The molecular weight excluding hydrogens is 430 g/mol. The van der Waals surface area contributed by atoms with E-state index >= 15 is 0 Å². The molecule has 0 spiro atoms. The summed E-state index contributed by atoms with van der Waals surface area (Å²) >= 11 is 0. The Labute approximate surface area is 197 Å². The summed E-state index contributed by atoms with van der Waals surface area (Å²) in [4.78, 5) is 17.2. The van der Waals surface area contributed by atoms with Crippen LogP contribution < -0.4 is 16.2 Å². The summed E-state index contributed by atoms with van der Waals surface area (Å²) < 4.78 is 5.89. The van der Waals surface area contributed by atoms with Crippen molar-refractivity contribution in [3.05, 3.63) is 71.5 Å². The highest BCUT2D eigenvalue weighted by Crippen LogP contribution is 2.17. The van der Waals surface area contributed by atoms with E-state index in [4.69, 9.17) is 16.2 Å². The molecule has 10 heteroatoms. The van der Waals surface area contributed by atoms with Crippen molar-refractivity contribution in [3.63, 3.8) is 0 Å². The average Bonchev–Trinajstić information content (AvgIpc) is 2.86. The van der Waals surface area contributed by atoms with Gasteiger partial charge in [-0.1, -0.05) is 42.5 Å². The Bertz CT molecular complexity index is 1240. The van der Waals surface area contributed by atoms with Crippen LogP contribution in [0.1, 0.15) is 17.0 Å². The monoisotopic (exact) mass is 457 g/mol. The summed E-state index contributed by atoms with van der Waals surface area (Å²) in [6.45, 7) is 5.88. The predicted molar refractivity (Wildman–Crippen MR) is 130 cm³/mol. The Kier molecular flexibility index (Phi) is 6.41. The van der Waals surface area contributed by atoms with Gasteiger partial charge in [0.1, 0.15) is 12.4 Å². The fourth-order valence-corrected chi connectivity index (χ4v) is 3.97.